The maximum atomic E-state index is 11.4. The van der Waals surface area contributed by atoms with Crippen molar-refractivity contribution in [2.45, 2.75) is 103 Å². The zero-order valence-corrected chi connectivity index (χ0v) is 21.0. The van der Waals surface area contributed by atoms with E-state index in [2.05, 4.69) is 56.3 Å². The van der Waals surface area contributed by atoms with Crippen LogP contribution in [0.1, 0.15) is 67.2 Å². The van der Waals surface area contributed by atoms with Crippen molar-refractivity contribution in [1.82, 2.24) is 0 Å². The van der Waals surface area contributed by atoms with Gasteiger partial charge in [-0.1, -0.05) is 44.2 Å². The van der Waals surface area contributed by atoms with Crippen LogP contribution in [0, 0.1) is 27.6 Å². The second-order valence-corrected chi connectivity index (χ2v) is 10.2. The van der Waals surface area contributed by atoms with Crippen molar-refractivity contribution in [3.8, 4) is 0 Å². The summed E-state index contributed by atoms with van der Waals surface area (Å²) in [7, 11) is 1.61. The standard InChI is InChI=1S/C25H40N2O6/c1-15(14-25(6)24(33-25)18(4)23(31-7)19(5)26-29)9-8-10-16(2)22-17(3)11-12-20(32-22)13-21(28)27-30/h8-10,15,17-20,22-24H,11-14H2,1-7H3/b9-8+,16-10+. The fourth-order valence-electron chi connectivity index (χ4n) is 5.31. The predicted octanol–water partition coefficient (Wildman–Crippen LogP) is 5.35. The first-order valence-corrected chi connectivity index (χ1v) is 12.0. The first kappa shape index (κ1) is 27.5. The Morgan fingerprint density at radius 3 is 2.55 bits per heavy atom. The lowest BCUT2D eigenvalue weighted by Gasteiger charge is -2.35. The predicted molar refractivity (Wildman–Crippen MR) is 128 cm³/mol. The molecule has 9 unspecified atom stereocenters. The Morgan fingerprint density at radius 1 is 1.24 bits per heavy atom. The molecule has 0 aromatic heterocycles. The van der Waals surface area contributed by atoms with Crippen LogP contribution in [0.15, 0.2) is 34.2 Å². The van der Waals surface area contributed by atoms with E-state index in [1.807, 2.05) is 6.92 Å². The number of ether oxygens (including phenoxy) is 3. The van der Waals surface area contributed by atoms with Crippen LogP contribution in [0.3, 0.4) is 0 Å². The molecule has 8 nitrogen and oxygen atoms in total. The Kier molecular flexibility index (Phi) is 10.1. The van der Waals surface area contributed by atoms with Gasteiger partial charge in [0.25, 0.3) is 5.91 Å². The SMILES string of the molecule is COC(C(C)N=O)C(C)C1OC1(C)CC(C)/C=C/C=C(\C)C1OC(CC(=O)N=O)CCC1C. The molecule has 1 amide bonds. The van der Waals surface area contributed by atoms with E-state index in [1.165, 1.54) is 0 Å². The van der Waals surface area contributed by atoms with Gasteiger partial charge in [-0.05, 0) is 57.4 Å². The van der Waals surface area contributed by atoms with Gasteiger partial charge in [0.2, 0.25) is 0 Å². The molecular formula is C25H40N2O6. The van der Waals surface area contributed by atoms with Gasteiger partial charge in [0.1, 0.15) is 6.04 Å². The molecule has 2 aliphatic heterocycles. The normalized spacial score (nSPS) is 33.8. The van der Waals surface area contributed by atoms with E-state index < -0.39 is 11.9 Å². The second-order valence-electron chi connectivity index (χ2n) is 10.2. The Hall–Kier alpha value is -1.77. The number of epoxide rings is 1. The summed E-state index contributed by atoms with van der Waals surface area (Å²) >= 11 is 0. The van der Waals surface area contributed by atoms with Crippen LogP contribution in [0.2, 0.25) is 0 Å². The minimum atomic E-state index is -0.652. The quantitative estimate of drug-likeness (QED) is 0.219. The largest absolute Gasteiger partial charge is 0.379 e. The smallest absolute Gasteiger partial charge is 0.288 e. The number of hydrogen-bond donors (Lipinski definition) is 0. The molecule has 0 N–H and O–H groups in total. The van der Waals surface area contributed by atoms with Crippen molar-refractivity contribution in [3.05, 3.63) is 33.6 Å². The van der Waals surface area contributed by atoms with Crippen LogP contribution in [0.5, 0.6) is 0 Å². The molecule has 0 aromatic carbocycles. The average Bonchev–Trinajstić information content (AvgIpc) is 3.45. The fourth-order valence-corrected chi connectivity index (χ4v) is 5.31. The summed E-state index contributed by atoms with van der Waals surface area (Å²) in [6.07, 6.45) is 8.37. The van der Waals surface area contributed by atoms with Crippen LogP contribution in [0.25, 0.3) is 0 Å². The number of allylic oxidation sites excluding steroid dienone is 3. The first-order chi connectivity index (χ1) is 15.6. The van der Waals surface area contributed by atoms with Crippen molar-refractivity contribution in [2.24, 2.45) is 28.1 Å². The number of methoxy groups -OCH3 is 1. The van der Waals surface area contributed by atoms with Crippen LogP contribution in [-0.4, -0.2) is 49.1 Å². The molecule has 9 atom stereocenters. The van der Waals surface area contributed by atoms with Gasteiger partial charge in [0.05, 0.1) is 36.4 Å². The zero-order valence-electron chi connectivity index (χ0n) is 21.0. The van der Waals surface area contributed by atoms with E-state index in [1.54, 1.807) is 14.0 Å². The number of carbonyl (C=O) groups excluding carboxylic acids is 1. The molecule has 33 heavy (non-hydrogen) atoms. The van der Waals surface area contributed by atoms with Gasteiger partial charge < -0.3 is 14.2 Å². The topological polar surface area (TPSA) is 107 Å². The molecule has 0 aromatic rings. The van der Waals surface area contributed by atoms with Gasteiger partial charge >= 0.3 is 0 Å². The molecule has 0 radical (unpaired) electrons. The van der Waals surface area contributed by atoms with E-state index in [9.17, 15) is 14.6 Å². The highest BCUT2D eigenvalue weighted by molar-refractivity contribution is 5.77. The maximum absolute atomic E-state index is 11.4. The monoisotopic (exact) mass is 464 g/mol. The van der Waals surface area contributed by atoms with Crippen molar-refractivity contribution in [3.63, 3.8) is 0 Å². The van der Waals surface area contributed by atoms with Crippen LogP contribution in [0.4, 0.5) is 0 Å². The lowest BCUT2D eigenvalue weighted by Crippen LogP contribution is -2.35. The Bertz CT molecular complexity index is 753. The second kappa shape index (κ2) is 12.1. The van der Waals surface area contributed by atoms with Gasteiger partial charge in [-0.25, -0.2) is 0 Å². The zero-order chi connectivity index (χ0) is 24.8. The first-order valence-electron chi connectivity index (χ1n) is 12.0. The van der Waals surface area contributed by atoms with Gasteiger partial charge in [-0.3, -0.25) is 4.79 Å². The van der Waals surface area contributed by atoms with E-state index in [0.717, 1.165) is 24.8 Å². The molecule has 186 valence electrons. The Labute approximate surface area is 197 Å². The molecule has 2 fully saturated rings. The van der Waals surface area contributed by atoms with E-state index in [-0.39, 0.29) is 42.4 Å². The van der Waals surface area contributed by atoms with Crippen molar-refractivity contribution >= 4 is 5.91 Å². The summed E-state index contributed by atoms with van der Waals surface area (Å²) in [5, 5.41) is 5.62. The van der Waals surface area contributed by atoms with E-state index in [0.29, 0.717) is 11.8 Å². The number of nitroso groups, excluding NO2 is 2. The number of rotatable bonds is 12. The number of hydrogen-bond acceptors (Lipinski definition) is 7. The summed E-state index contributed by atoms with van der Waals surface area (Å²) in [6, 6.07) is -0.416. The molecule has 8 heteroatoms. The lowest BCUT2D eigenvalue weighted by molar-refractivity contribution is -0.124. The lowest BCUT2D eigenvalue weighted by atomic mass is 9.85. The van der Waals surface area contributed by atoms with Crippen LogP contribution >= 0.6 is 0 Å². The highest BCUT2D eigenvalue weighted by Gasteiger charge is 2.57. The van der Waals surface area contributed by atoms with Gasteiger partial charge in [-0.15, -0.1) is 4.91 Å². The molecule has 0 bridgehead atoms. The van der Waals surface area contributed by atoms with Gasteiger partial charge in [0, 0.05) is 18.2 Å². The molecule has 0 saturated carbocycles. The summed E-state index contributed by atoms with van der Waals surface area (Å²) < 4.78 is 17.7. The number of nitrogens with zero attached hydrogens (tertiary/aromatic N) is 2. The van der Waals surface area contributed by atoms with Crippen LogP contribution in [-0.2, 0) is 19.0 Å². The Balaban J connectivity index is 1.90. The Morgan fingerprint density at radius 2 is 1.94 bits per heavy atom. The van der Waals surface area contributed by atoms with Crippen molar-refractivity contribution in [1.29, 1.82) is 0 Å². The number of amides is 1. The summed E-state index contributed by atoms with van der Waals surface area (Å²) in [5.74, 6) is 0.0687. The minimum absolute atomic E-state index is 0.0387. The van der Waals surface area contributed by atoms with Gasteiger partial charge in [-0.2, -0.15) is 4.91 Å². The summed E-state index contributed by atoms with van der Waals surface area (Å²) in [5.41, 5.74) is 0.857. The maximum Gasteiger partial charge on any atom is 0.288 e. The molecule has 2 saturated heterocycles. The molecular weight excluding hydrogens is 424 g/mol. The fraction of sp³-hybridized carbons (Fsp3) is 0.800. The molecule has 2 heterocycles. The van der Waals surface area contributed by atoms with Crippen molar-refractivity contribution < 1.29 is 19.0 Å². The molecule has 0 aliphatic carbocycles. The van der Waals surface area contributed by atoms with Crippen molar-refractivity contribution in [2.75, 3.05) is 7.11 Å². The van der Waals surface area contributed by atoms with Gasteiger partial charge in [0.15, 0.2) is 0 Å². The van der Waals surface area contributed by atoms with E-state index >= 15 is 0 Å². The highest BCUT2D eigenvalue weighted by atomic mass is 16.6. The third-order valence-electron chi connectivity index (χ3n) is 7.13. The highest BCUT2D eigenvalue weighted by Crippen LogP contribution is 2.47. The average molecular weight is 465 g/mol. The molecule has 2 aliphatic rings. The summed E-state index contributed by atoms with van der Waals surface area (Å²) in [4.78, 5) is 32.7. The minimum Gasteiger partial charge on any atom is -0.379 e. The molecule has 0 spiro atoms. The van der Waals surface area contributed by atoms with Crippen LogP contribution < -0.4 is 0 Å². The third kappa shape index (κ3) is 7.36. The number of carbonyl (C=O) groups is 1. The summed E-state index contributed by atoms with van der Waals surface area (Å²) in [6.45, 7) is 12.3. The third-order valence-corrected chi connectivity index (χ3v) is 7.13. The van der Waals surface area contributed by atoms with E-state index in [4.69, 9.17) is 14.2 Å². The molecule has 2 rings (SSSR count).